The second-order valence-electron chi connectivity index (χ2n) is 12.2. The zero-order valence-corrected chi connectivity index (χ0v) is 26.8. The molecular formula is C32H45ClN4O6. The Balaban J connectivity index is 2.67. The lowest BCUT2D eigenvalue weighted by Gasteiger charge is -2.39. The van der Waals surface area contributed by atoms with Crippen LogP contribution in [0, 0.1) is 12.8 Å². The average molecular weight is 617 g/mol. The van der Waals surface area contributed by atoms with E-state index in [1.54, 1.807) is 58.0 Å². The van der Waals surface area contributed by atoms with Crippen molar-refractivity contribution in [3.63, 3.8) is 0 Å². The van der Waals surface area contributed by atoms with Gasteiger partial charge in [-0.2, -0.15) is 0 Å². The maximum atomic E-state index is 14.5. The Morgan fingerprint density at radius 3 is 2.16 bits per heavy atom. The van der Waals surface area contributed by atoms with E-state index in [9.17, 15) is 24.3 Å². The van der Waals surface area contributed by atoms with E-state index in [-0.39, 0.29) is 18.6 Å². The topological polar surface area (TPSA) is 151 Å². The number of hydrogen-bond donors (Lipinski definition) is 4. The van der Waals surface area contributed by atoms with Crippen molar-refractivity contribution in [3.8, 4) is 5.75 Å². The molecule has 0 aliphatic heterocycles. The standard InChI is InChI=1S/C32H45ClN4O6/c1-19(2)11-12-21(4)37(30(41)25(17-18-26(34)39)35-31(42)43-32(5,6)7)28(22-13-15-23(38)16-14-22)29(40)36-27-20(3)9-8-10-24(27)33/h8-10,13-16,19,21,25,28,38H,11-12,17-18H2,1-7H3,(H2,34,39)(H,35,42)(H,36,40). The summed E-state index contributed by atoms with van der Waals surface area (Å²) in [5.41, 5.74) is 6.12. The Kier molecular flexibility index (Phi) is 12.9. The highest BCUT2D eigenvalue weighted by Gasteiger charge is 2.39. The molecule has 2 aromatic rings. The van der Waals surface area contributed by atoms with Gasteiger partial charge in [-0.05, 0) is 89.1 Å². The number of alkyl carbamates (subject to hydrolysis) is 1. The van der Waals surface area contributed by atoms with Gasteiger partial charge in [-0.1, -0.05) is 49.7 Å². The number of nitrogens with two attached hydrogens (primary N) is 1. The van der Waals surface area contributed by atoms with Crippen LogP contribution in [0.4, 0.5) is 10.5 Å². The van der Waals surface area contributed by atoms with Gasteiger partial charge in [0.25, 0.3) is 5.91 Å². The van der Waals surface area contributed by atoms with Crippen molar-refractivity contribution in [1.82, 2.24) is 10.2 Å². The number of nitrogens with one attached hydrogen (secondary N) is 2. The molecule has 3 unspecified atom stereocenters. The molecule has 0 saturated heterocycles. The maximum Gasteiger partial charge on any atom is 0.408 e. The molecule has 0 aliphatic carbocycles. The lowest BCUT2D eigenvalue weighted by atomic mass is 9.96. The van der Waals surface area contributed by atoms with Crippen LogP contribution in [0.15, 0.2) is 42.5 Å². The second kappa shape index (κ2) is 15.6. The van der Waals surface area contributed by atoms with Gasteiger partial charge < -0.3 is 31.1 Å². The van der Waals surface area contributed by atoms with Crippen molar-refractivity contribution < 1.29 is 29.0 Å². The lowest BCUT2D eigenvalue weighted by molar-refractivity contribution is -0.143. The summed E-state index contributed by atoms with van der Waals surface area (Å²) in [5, 5.41) is 15.8. The van der Waals surface area contributed by atoms with Crippen molar-refractivity contribution in [3.05, 3.63) is 58.6 Å². The summed E-state index contributed by atoms with van der Waals surface area (Å²) in [5.74, 6) is -1.48. The fourth-order valence-corrected chi connectivity index (χ4v) is 4.83. The summed E-state index contributed by atoms with van der Waals surface area (Å²) < 4.78 is 5.40. The lowest BCUT2D eigenvalue weighted by Crippen LogP contribution is -2.55. The smallest absolute Gasteiger partial charge is 0.408 e. The predicted octanol–water partition coefficient (Wildman–Crippen LogP) is 5.85. The highest BCUT2D eigenvalue weighted by Crippen LogP contribution is 2.32. The van der Waals surface area contributed by atoms with Crippen molar-refractivity contribution >= 4 is 41.1 Å². The highest BCUT2D eigenvalue weighted by molar-refractivity contribution is 6.34. The molecule has 0 spiro atoms. The summed E-state index contributed by atoms with van der Waals surface area (Å²) in [4.78, 5) is 54.6. The van der Waals surface area contributed by atoms with Gasteiger partial charge in [0.05, 0.1) is 10.7 Å². The van der Waals surface area contributed by atoms with Crippen molar-refractivity contribution in [2.75, 3.05) is 5.32 Å². The number of rotatable bonds is 13. The van der Waals surface area contributed by atoms with Crippen LogP contribution in [0.2, 0.25) is 5.02 Å². The van der Waals surface area contributed by atoms with Gasteiger partial charge in [0.1, 0.15) is 23.4 Å². The Morgan fingerprint density at radius 1 is 1.00 bits per heavy atom. The first-order valence-corrected chi connectivity index (χ1v) is 14.8. The third kappa shape index (κ3) is 11.1. The molecule has 10 nitrogen and oxygen atoms in total. The predicted molar refractivity (Wildman–Crippen MR) is 168 cm³/mol. The number of phenols is 1. The van der Waals surface area contributed by atoms with Gasteiger partial charge in [0, 0.05) is 12.5 Å². The quantitative estimate of drug-likeness (QED) is 0.222. The molecule has 0 saturated carbocycles. The molecule has 4 amide bonds. The Bertz CT molecular complexity index is 1260. The van der Waals surface area contributed by atoms with E-state index < -0.39 is 47.5 Å². The van der Waals surface area contributed by atoms with Crippen molar-refractivity contribution in [2.24, 2.45) is 11.7 Å². The molecule has 11 heteroatoms. The fraction of sp³-hybridized carbons (Fsp3) is 0.500. The monoisotopic (exact) mass is 616 g/mol. The zero-order valence-electron chi connectivity index (χ0n) is 26.1. The second-order valence-corrected chi connectivity index (χ2v) is 12.6. The molecule has 3 atom stereocenters. The van der Waals surface area contributed by atoms with Crippen LogP contribution in [0.5, 0.6) is 5.75 Å². The molecule has 0 aliphatic rings. The molecule has 0 fully saturated rings. The number of para-hydroxylation sites is 1. The normalized spacial score (nSPS) is 13.5. The van der Waals surface area contributed by atoms with Crippen LogP contribution in [0.1, 0.15) is 84.4 Å². The van der Waals surface area contributed by atoms with E-state index in [1.165, 1.54) is 17.0 Å². The van der Waals surface area contributed by atoms with Gasteiger partial charge in [-0.3, -0.25) is 14.4 Å². The molecule has 43 heavy (non-hydrogen) atoms. The number of aryl methyl sites for hydroxylation is 1. The minimum atomic E-state index is -1.22. The number of benzene rings is 2. The van der Waals surface area contributed by atoms with E-state index in [2.05, 4.69) is 24.5 Å². The SMILES string of the molecule is Cc1cccc(Cl)c1NC(=O)C(c1ccc(O)cc1)N(C(=O)C(CCC(N)=O)NC(=O)OC(C)(C)C)C(C)CCC(C)C. The number of amides is 4. The number of nitrogens with zero attached hydrogens (tertiary/aromatic N) is 1. The summed E-state index contributed by atoms with van der Waals surface area (Å²) in [6.45, 7) is 12.8. The first kappa shape index (κ1) is 35.4. The zero-order chi connectivity index (χ0) is 32.5. The van der Waals surface area contributed by atoms with Crippen LogP contribution < -0.4 is 16.4 Å². The first-order valence-electron chi connectivity index (χ1n) is 14.4. The third-order valence-electron chi connectivity index (χ3n) is 6.77. The van der Waals surface area contributed by atoms with Gasteiger partial charge in [0.2, 0.25) is 11.8 Å². The first-order chi connectivity index (χ1) is 20.0. The number of aromatic hydroxyl groups is 1. The van der Waals surface area contributed by atoms with E-state index in [0.717, 1.165) is 12.0 Å². The minimum Gasteiger partial charge on any atom is -0.508 e. The van der Waals surface area contributed by atoms with Crippen LogP contribution in [0.3, 0.4) is 0 Å². The summed E-state index contributed by atoms with van der Waals surface area (Å²) in [6, 6.07) is 8.31. The average Bonchev–Trinajstić information content (AvgIpc) is 2.89. The molecule has 2 rings (SSSR count). The highest BCUT2D eigenvalue weighted by atomic mass is 35.5. The Labute approximate surface area is 259 Å². The number of phenolic OH excluding ortho intramolecular Hbond substituents is 1. The van der Waals surface area contributed by atoms with Gasteiger partial charge in [-0.25, -0.2) is 4.79 Å². The van der Waals surface area contributed by atoms with Crippen LogP contribution in [-0.4, -0.2) is 51.5 Å². The number of ether oxygens (including phenoxy) is 1. The number of anilines is 1. The minimum absolute atomic E-state index is 0.0125. The fourth-order valence-electron chi connectivity index (χ4n) is 4.56. The molecule has 2 aromatic carbocycles. The number of halogens is 1. The van der Waals surface area contributed by atoms with E-state index in [4.69, 9.17) is 22.1 Å². The molecule has 0 heterocycles. The molecule has 236 valence electrons. The van der Waals surface area contributed by atoms with Crippen LogP contribution >= 0.6 is 11.6 Å². The van der Waals surface area contributed by atoms with E-state index in [0.29, 0.717) is 28.6 Å². The molecule has 5 N–H and O–H groups in total. The van der Waals surface area contributed by atoms with E-state index >= 15 is 0 Å². The van der Waals surface area contributed by atoms with E-state index in [1.807, 2.05) is 6.92 Å². The molecule has 0 aromatic heterocycles. The maximum absolute atomic E-state index is 14.5. The summed E-state index contributed by atoms with van der Waals surface area (Å²) >= 11 is 6.43. The van der Waals surface area contributed by atoms with Gasteiger partial charge in [-0.15, -0.1) is 0 Å². The number of hydrogen-bond acceptors (Lipinski definition) is 6. The van der Waals surface area contributed by atoms with Crippen LogP contribution in [-0.2, 0) is 19.1 Å². The third-order valence-corrected chi connectivity index (χ3v) is 7.08. The molecular weight excluding hydrogens is 572 g/mol. The largest absolute Gasteiger partial charge is 0.508 e. The van der Waals surface area contributed by atoms with Crippen LogP contribution in [0.25, 0.3) is 0 Å². The number of carbonyl (C=O) groups is 4. The molecule has 0 bridgehead atoms. The Hall–Kier alpha value is -3.79. The van der Waals surface area contributed by atoms with Gasteiger partial charge in [0.15, 0.2) is 0 Å². The Morgan fingerprint density at radius 2 is 1.63 bits per heavy atom. The van der Waals surface area contributed by atoms with Gasteiger partial charge >= 0.3 is 6.09 Å². The summed E-state index contributed by atoms with van der Waals surface area (Å²) in [6.07, 6.45) is 0.168. The summed E-state index contributed by atoms with van der Waals surface area (Å²) in [7, 11) is 0. The van der Waals surface area contributed by atoms with Crippen molar-refractivity contribution in [2.45, 2.75) is 97.9 Å². The number of primary amides is 1. The number of carbonyl (C=O) groups excluding carboxylic acids is 4. The van der Waals surface area contributed by atoms with Crippen molar-refractivity contribution in [1.29, 1.82) is 0 Å². The molecule has 0 radical (unpaired) electrons.